The number of ether oxygens (including phenoxy) is 2. The van der Waals surface area contributed by atoms with Gasteiger partial charge in [0.1, 0.15) is 23.1 Å². The largest absolute Gasteiger partial charge is 0.497 e. The minimum absolute atomic E-state index is 0.680. The summed E-state index contributed by atoms with van der Waals surface area (Å²) in [6.07, 6.45) is 3.00. The first kappa shape index (κ1) is 24.6. The number of benzene rings is 4. The number of methoxy groups -OCH3 is 1. The first-order valence-corrected chi connectivity index (χ1v) is 12.8. The minimum Gasteiger partial charge on any atom is -0.497 e. The maximum absolute atomic E-state index is 5.97. The number of rotatable bonds is 9. The molecule has 4 aromatic carbocycles. The Hall–Kier alpha value is -4.09. The van der Waals surface area contributed by atoms with Gasteiger partial charge in [-0.25, -0.2) is 9.67 Å². The predicted molar refractivity (Wildman–Crippen MR) is 149 cm³/mol. The highest BCUT2D eigenvalue weighted by atomic mass is 35.5. The van der Waals surface area contributed by atoms with E-state index in [0.717, 1.165) is 64.7 Å². The summed E-state index contributed by atoms with van der Waals surface area (Å²) < 4.78 is 13.1. The van der Waals surface area contributed by atoms with Crippen LogP contribution >= 0.6 is 11.6 Å². The monoisotopic (exact) mass is 509 g/mol. The summed E-state index contributed by atoms with van der Waals surface area (Å²) in [6.45, 7) is 2.18. The SMILES string of the molecule is CCCCc1nc(-c2ccc(-c3ccc(OC)cc3)cc2)nn1-c1ccc(Oc2ccc(Cl)cc2)cc1. The fraction of sp³-hybridized carbons (Fsp3) is 0.161. The molecule has 0 fully saturated rings. The Morgan fingerprint density at radius 2 is 1.24 bits per heavy atom. The Morgan fingerprint density at radius 1 is 0.703 bits per heavy atom. The first-order chi connectivity index (χ1) is 18.1. The zero-order chi connectivity index (χ0) is 25.6. The van der Waals surface area contributed by atoms with Gasteiger partial charge < -0.3 is 9.47 Å². The zero-order valence-corrected chi connectivity index (χ0v) is 21.7. The van der Waals surface area contributed by atoms with E-state index in [0.29, 0.717) is 10.8 Å². The van der Waals surface area contributed by atoms with Crippen molar-refractivity contribution < 1.29 is 9.47 Å². The first-order valence-electron chi connectivity index (χ1n) is 12.4. The molecule has 0 bridgehead atoms. The van der Waals surface area contributed by atoms with Crippen molar-refractivity contribution in [1.82, 2.24) is 14.8 Å². The molecule has 5 nitrogen and oxygen atoms in total. The molecule has 0 unspecified atom stereocenters. The number of aromatic nitrogens is 3. The van der Waals surface area contributed by atoms with Crippen molar-refractivity contribution in [1.29, 1.82) is 0 Å². The molecule has 0 aliphatic rings. The summed E-state index contributed by atoms with van der Waals surface area (Å²) in [6, 6.07) is 31.6. The van der Waals surface area contributed by atoms with Crippen molar-refractivity contribution in [2.75, 3.05) is 7.11 Å². The van der Waals surface area contributed by atoms with E-state index < -0.39 is 0 Å². The second kappa shape index (κ2) is 11.3. The van der Waals surface area contributed by atoms with Gasteiger partial charge in [-0.1, -0.05) is 61.3 Å². The maximum atomic E-state index is 5.97. The molecule has 0 atom stereocenters. The third-order valence-corrected chi connectivity index (χ3v) is 6.38. The summed E-state index contributed by atoms with van der Waals surface area (Å²) in [5.41, 5.74) is 4.20. The Balaban J connectivity index is 1.39. The maximum Gasteiger partial charge on any atom is 0.181 e. The molecule has 37 heavy (non-hydrogen) atoms. The lowest BCUT2D eigenvalue weighted by atomic mass is 10.0. The van der Waals surface area contributed by atoms with Gasteiger partial charge in [0.05, 0.1) is 12.8 Å². The quantitative estimate of drug-likeness (QED) is 0.200. The molecule has 0 N–H and O–H groups in total. The third-order valence-electron chi connectivity index (χ3n) is 6.13. The van der Waals surface area contributed by atoms with E-state index in [2.05, 4.69) is 43.3 Å². The Morgan fingerprint density at radius 3 is 1.84 bits per heavy atom. The summed E-state index contributed by atoms with van der Waals surface area (Å²) in [7, 11) is 1.67. The lowest BCUT2D eigenvalue weighted by molar-refractivity contribution is 0.415. The van der Waals surface area contributed by atoms with Crippen LogP contribution in [0.25, 0.3) is 28.2 Å². The molecular weight excluding hydrogens is 482 g/mol. The van der Waals surface area contributed by atoms with E-state index in [9.17, 15) is 0 Å². The molecule has 0 radical (unpaired) electrons. The average molecular weight is 510 g/mol. The lowest BCUT2D eigenvalue weighted by Gasteiger charge is -2.08. The summed E-state index contributed by atoms with van der Waals surface area (Å²) in [4.78, 5) is 4.91. The fourth-order valence-corrected chi connectivity index (χ4v) is 4.19. The van der Waals surface area contributed by atoms with Gasteiger partial charge in [-0.2, -0.15) is 0 Å². The van der Waals surface area contributed by atoms with Crippen LogP contribution in [0.1, 0.15) is 25.6 Å². The summed E-state index contributed by atoms with van der Waals surface area (Å²) in [5.74, 6) is 3.99. The molecular formula is C31H28ClN3O2. The molecule has 0 saturated heterocycles. The van der Waals surface area contributed by atoms with E-state index >= 15 is 0 Å². The van der Waals surface area contributed by atoms with Gasteiger partial charge in [0, 0.05) is 17.0 Å². The molecule has 6 heteroatoms. The van der Waals surface area contributed by atoms with Crippen molar-refractivity contribution >= 4 is 11.6 Å². The van der Waals surface area contributed by atoms with E-state index in [4.69, 9.17) is 31.2 Å². The van der Waals surface area contributed by atoms with Gasteiger partial charge in [0.2, 0.25) is 0 Å². The minimum atomic E-state index is 0.680. The fourth-order valence-electron chi connectivity index (χ4n) is 4.06. The molecule has 1 heterocycles. The van der Waals surface area contributed by atoms with Crippen LogP contribution in [0.15, 0.2) is 97.1 Å². The number of halogens is 1. The highest BCUT2D eigenvalue weighted by Gasteiger charge is 2.14. The molecule has 0 saturated carbocycles. The van der Waals surface area contributed by atoms with Gasteiger partial charge in [-0.05, 0) is 78.2 Å². The molecule has 1 aromatic heterocycles. The highest BCUT2D eigenvalue weighted by Crippen LogP contribution is 2.27. The molecule has 0 aliphatic carbocycles. The van der Waals surface area contributed by atoms with E-state index in [-0.39, 0.29) is 0 Å². The van der Waals surface area contributed by atoms with Crippen LogP contribution in [0.3, 0.4) is 0 Å². The van der Waals surface area contributed by atoms with Crippen LogP contribution in [-0.4, -0.2) is 21.9 Å². The van der Waals surface area contributed by atoms with Gasteiger partial charge in [0.25, 0.3) is 0 Å². The van der Waals surface area contributed by atoms with Crippen LogP contribution in [0.5, 0.6) is 17.2 Å². The number of aryl methyl sites for hydroxylation is 1. The van der Waals surface area contributed by atoms with Crippen molar-refractivity contribution in [3.63, 3.8) is 0 Å². The molecule has 5 aromatic rings. The number of unbranched alkanes of at least 4 members (excludes halogenated alkanes) is 1. The lowest BCUT2D eigenvalue weighted by Crippen LogP contribution is -2.03. The molecule has 5 rings (SSSR count). The van der Waals surface area contributed by atoms with Crippen molar-refractivity contribution in [2.45, 2.75) is 26.2 Å². The second-order valence-corrected chi connectivity index (χ2v) is 9.16. The van der Waals surface area contributed by atoms with Gasteiger partial charge in [-0.3, -0.25) is 0 Å². The van der Waals surface area contributed by atoms with Crippen molar-refractivity contribution in [3.05, 3.63) is 108 Å². The second-order valence-electron chi connectivity index (χ2n) is 8.72. The molecule has 0 aliphatic heterocycles. The number of hydrogen-bond acceptors (Lipinski definition) is 4. The standard InChI is InChI=1S/C31H28ClN3O2/c1-3-4-5-30-33-31(24-8-6-22(7-9-24)23-10-16-27(36-2)17-11-23)34-35(30)26-14-20-29(21-15-26)37-28-18-12-25(32)13-19-28/h6-21H,3-5H2,1-2H3. The van der Waals surface area contributed by atoms with Crippen molar-refractivity contribution in [3.8, 4) is 45.5 Å². The van der Waals surface area contributed by atoms with Gasteiger partial charge in [0.15, 0.2) is 5.82 Å². The Labute approximate surface area is 222 Å². The Kier molecular flexibility index (Phi) is 7.52. The highest BCUT2D eigenvalue weighted by molar-refractivity contribution is 6.30. The van der Waals surface area contributed by atoms with Crippen LogP contribution in [0.2, 0.25) is 5.02 Å². The number of nitrogens with zero attached hydrogens (tertiary/aromatic N) is 3. The van der Waals surface area contributed by atoms with E-state index in [1.807, 2.05) is 65.3 Å². The predicted octanol–water partition coefficient (Wildman–Crippen LogP) is 8.40. The molecule has 0 amide bonds. The summed E-state index contributed by atoms with van der Waals surface area (Å²) >= 11 is 5.97. The third kappa shape index (κ3) is 5.84. The number of hydrogen-bond donors (Lipinski definition) is 0. The molecule has 186 valence electrons. The smallest absolute Gasteiger partial charge is 0.181 e. The van der Waals surface area contributed by atoms with Crippen LogP contribution in [0, 0.1) is 0 Å². The van der Waals surface area contributed by atoms with Gasteiger partial charge >= 0.3 is 0 Å². The average Bonchev–Trinajstić information content (AvgIpc) is 3.38. The van der Waals surface area contributed by atoms with Crippen LogP contribution in [-0.2, 0) is 6.42 Å². The van der Waals surface area contributed by atoms with E-state index in [1.165, 1.54) is 0 Å². The summed E-state index contributed by atoms with van der Waals surface area (Å²) in [5, 5.41) is 5.57. The normalized spacial score (nSPS) is 10.9. The zero-order valence-electron chi connectivity index (χ0n) is 20.9. The Bertz CT molecular complexity index is 1440. The van der Waals surface area contributed by atoms with Crippen LogP contribution < -0.4 is 9.47 Å². The van der Waals surface area contributed by atoms with Gasteiger partial charge in [-0.15, -0.1) is 5.10 Å². The van der Waals surface area contributed by atoms with Crippen molar-refractivity contribution in [2.24, 2.45) is 0 Å². The topological polar surface area (TPSA) is 49.2 Å². The van der Waals surface area contributed by atoms with Crippen LogP contribution in [0.4, 0.5) is 0 Å². The molecule has 0 spiro atoms. The van der Waals surface area contributed by atoms with E-state index in [1.54, 1.807) is 7.11 Å².